The maximum atomic E-state index is 13.4. The molecule has 4 rings (SSSR count). The third-order valence-electron chi connectivity index (χ3n) is 6.50. The Morgan fingerprint density at radius 1 is 0.829 bits per heavy atom. The number of aryl methyl sites for hydroxylation is 1. The van der Waals surface area contributed by atoms with Gasteiger partial charge in [-0.3, -0.25) is 9.59 Å². The third kappa shape index (κ3) is 5.80. The highest BCUT2D eigenvalue weighted by molar-refractivity contribution is 5.91. The second-order valence-electron chi connectivity index (χ2n) is 8.85. The van der Waals surface area contributed by atoms with E-state index in [1.54, 1.807) is 9.80 Å². The molecule has 0 saturated carbocycles. The van der Waals surface area contributed by atoms with Crippen LogP contribution < -0.4 is 10.6 Å². The van der Waals surface area contributed by atoms with E-state index in [0.717, 1.165) is 34.0 Å². The number of benzene rings is 3. The summed E-state index contributed by atoms with van der Waals surface area (Å²) in [5.74, 6) is -0.360. The first-order chi connectivity index (χ1) is 17.0. The number of carbonyl (C=O) groups is 3. The van der Waals surface area contributed by atoms with E-state index >= 15 is 0 Å². The Hall–Kier alpha value is -3.87. The zero-order valence-corrected chi connectivity index (χ0v) is 20.3. The lowest BCUT2D eigenvalue weighted by atomic mass is 9.98. The molecule has 1 heterocycles. The van der Waals surface area contributed by atoms with Gasteiger partial charge in [0, 0.05) is 45.2 Å². The number of amides is 4. The maximum Gasteiger partial charge on any atom is 0.321 e. The van der Waals surface area contributed by atoms with Gasteiger partial charge in [0.15, 0.2) is 0 Å². The molecule has 1 saturated heterocycles. The predicted octanol–water partition coefficient (Wildman–Crippen LogP) is 3.83. The highest BCUT2D eigenvalue weighted by Gasteiger charge is 2.30. The summed E-state index contributed by atoms with van der Waals surface area (Å²) in [6.07, 6.45) is 1.24. The lowest BCUT2D eigenvalue weighted by molar-refractivity contribution is -0.137. The van der Waals surface area contributed by atoms with Gasteiger partial charge in [0.1, 0.15) is 6.04 Å². The van der Waals surface area contributed by atoms with Gasteiger partial charge < -0.3 is 20.4 Å². The Morgan fingerprint density at radius 2 is 1.46 bits per heavy atom. The molecule has 3 aromatic carbocycles. The Balaban J connectivity index is 1.41. The molecule has 4 amide bonds. The number of para-hydroxylation sites is 1. The number of fused-ring (bicyclic) bond motifs is 1. The molecular formula is C28H32N4O3. The van der Waals surface area contributed by atoms with Crippen molar-refractivity contribution < 1.29 is 14.4 Å². The summed E-state index contributed by atoms with van der Waals surface area (Å²) >= 11 is 0. The Bertz CT molecular complexity index is 1210. The van der Waals surface area contributed by atoms with Crippen molar-refractivity contribution >= 4 is 34.3 Å². The third-order valence-corrected chi connectivity index (χ3v) is 6.50. The molecule has 1 atom stereocenters. The van der Waals surface area contributed by atoms with Crippen molar-refractivity contribution in [2.75, 3.05) is 31.5 Å². The van der Waals surface area contributed by atoms with E-state index in [0.29, 0.717) is 32.6 Å². The van der Waals surface area contributed by atoms with Crippen LogP contribution in [0.2, 0.25) is 0 Å². The average molecular weight is 473 g/mol. The maximum absolute atomic E-state index is 13.4. The molecule has 0 radical (unpaired) electrons. The van der Waals surface area contributed by atoms with Gasteiger partial charge >= 0.3 is 6.03 Å². The number of hydrogen-bond donors (Lipinski definition) is 2. The van der Waals surface area contributed by atoms with Crippen LogP contribution in [-0.4, -0.2) is 59.9 Å². The van der Waals surface area contributed by atoms with Crippen LogP contribution in [0.3, 0.4) is 0 Å². The minimum absolute atomic E-state index is 0.121. The van der Waals surface area contributed by atoms with E-state index in [9.17, 15) is 14.4 Å². The van der Waals surface area contributed by atoms with Crippen LogP contribution in [0.4, 0.5) is 10.5 Å². The van der Waals surface area contributed by atoms with Crippen molar-refractivity contribution in [2.24, 2.45) is 0 Å². The standard InChI is InChI=1S/C28H32N4O3/c1-3-21-9-5-7-14-25(21)30-28(35)32-17-15-31(16-18-32)27(34)26(29-20(2)33)19-23-12-8-11-22-10-4-6-13-24(22)23/h4-14,26H,3,15-19H2,1-2H3,(H,29,33)(H,30,35)/t26-/m0/s1. The van der Waals surface area contributed by atoms with Gasteiger partial charge in [-0.15, -0.1) is 0 Å². The summed E-state index contributed by atoms with van der Waals surface area (Å²) in [5, 5.41) is 8.02. The summed E-state index contributed by atoms with van der Waals surface area (Å²) in [5.41, 5.74) is 2.92. The topological polar surface area (TPSA) is 81.8 Å². The van der Waals surface area contributed by atoms with Crippen LogP contribution >= 0.6 is 0 Å². The first kappa shape index (κ1) is 24.3. The lowest BCUT2D eigenvalue weighted by Crippen LogP contribution is -2.56. The van der Waals surface area contributed by atoms with Crippen molar-refractivity contribution in [3.05, 3.63) is 77.9 Å². The van der Waals surface area contributed by atoms with Crippen molar-refractivity contribution in [1.29, 1.82) is 0 Å². The van der Waals surface area contributed by atoms with Gasteiger partial charge in [0.05, 0.1) is 0 Å². The van der Waals surface area contributed by atoms with E-state index in [1.807, 2.05) is 66.7 Å². The highest BCUT2D eigenvalue weighted by atomic mass is 16.2. The summed E-state index contributed by atoms with van der Waals surface area (Å²) in [6, 6.07) is 21.0. The monoisotopic (exact) mass is 472 g/mol. The van der Waals surface area contributed by atoms with Crippen molar-refractivity contribution in [3.63, 3.8) is 0 Å². The number of carbonyl (C=O) groups excluding carboxylic acids is 3. The van der Waals surface area contributed by atoms with E-state index in [-0.39, 0.29) is 17.8 Å². The number of anilines is 1. The average Bonchev–Trinajstić information content (AvgIpc) is 2.88. The Labute approximate surface area is 206 Å². The van der Waals surface area contributed by atoms with E-state index < -0.39 is 6.04 Å². The second-order valence-corrected chi connectivity index (χ2v) is 8.85. The van der Waals surface area contributed by atoms with Crippen LogP contribution in [-0.2, 0) is 22.4 Å². The smallest absolute Gasteiger partial charge is 0.321 e. The molecule has 0 unspecified atom stereocenters. The fourth-order valence-corrected chi connectivity index (χ4v) is 4.63. The van der Waals surface area contributed by atoms with Crippen LogP contribution in [0.25, 0.3) is 10.8 Å². The van der Waals surface area contributed by atoms with E-state index in [1.165, 1.54) is 6.92 Å². The lowest BCUT2D eigenvalue weighted by Gasteiger charge is -2.36. The van der Waals surface area contributed by atoms with Gasteiger partial charge in [-0.2, -0.15) is 0 Å². The molecule has 0 aliphatic carbocycles. The number of urea groups is 1. The molecule has 7 heteroatoms. The summed E-state index contributed by atoms with van der Waals surface area (Å²) in [6.45, 7) is 5.21. The Kier molecular flexibility index (Phi) is 7.65. The van der Waals surface area contributed by atoms with Gasteiger partial charge in [-0.05, 0) is 34.4 Å². The first-order valence-corrected chi connectivity index (χ1v) is 12.1. The first-order valence-electron chi connectivity index (χ1n) is 12.1. The summed E-state index contributed by atoms with van der Waals surface area (Å²) in [4.78, 5) is 41.6. The molecule has 1 aliphatic heterocycles. The number of nitrogens with zero attached hydrogens (tertiary/aromatic N) is 2. The number of hydrogen-bond acceptors (Lipinski definition) is 3. The normalized spacial score (nSPS) is 14.5. The molecule has 1 fully saturated rings. The van der Waals surface area contributed by atoms with Crippen LogP contribution in [0.5, 0.6) is 0 Å². The zero-order chi connectivity index (χ0) is 24.8. The predicted molar refractivity (Wildman–Crippen MR) is 138 cm³/mol. The van der Waals surface area contributed by atoms with Gasteiger partial charge in [-0.25, -0.2) is 4.79 Å². The Morgan fingerprint density at radius 3 is 2.20 bits per heavy atom. The summed E-state index contributed by atoms with van der Waals surface area (Å²) in [7, 11) is 0. The SMILES string of the molecule is CCc1ccccc1NC(=O)N1CCN(C(=O)[C@H](Cc2cccc3ccccc23)NC(C)=O)CC1. The molecule has 35 heavy (non-hydrogen) atoms. The van der Waals surface area contributed by atoms with Crippen LogP contribution in [0, 0.1) is 0 Å². The molecule has 0 bridgehead atoms. The largest absolute Gasteiger partial charge is 0.344 e. The number of piperazine rings is 1. The second kappa shape index (κ2) is 11.0. The fourth-order valence-electron chi connectivity index (χ4n) is 4.63. The molecule has 3 aromatic rings. The molecule has 0 aromatic heterocycles. The van der Waals surface area contributed by atoms with E-state index in [2.05, 4.69) is 17.6 Å². The highest BCUT2D eigenvalue weighted by Crippen LogP contribution is 2.21. The fraction of sp³-hybridized carbons (Fsp3) is 0.321. The molecule has 0 spiro atoms. The van der Waals surface area contributed by atoms with Crippen LogP contribution in [0.1, 0.15) is 25.0 Å². The van der Waals surface area contributed by atoms with E-state index in [4.69, 9.17) is 0 Å². The van der Waals surface area contributed by atoms with Gasteiger partial charge in [0.2, 0.25) is 11.8 Å². The van der Waals surface area contributed by atoms with Crippen molar-refractivity contribution in [2.45, 2.75) is 32.7 Å². The molecule has 7 nitrogen and oxygen atoms in total. The van der Waals surface area contributed by atoms with Crippen molar-refractivity contribution in [3.8, 4) is 0 Å². The summed E-state index contributed by atoms with van der Waals surface area (Å²) < 4.78 is 0. The molecule has 2 N–H and O–H groups in total. The molecular weight excluding hydrogens is 440 g/mol. The minimum Gasteiger partial charge on any atom is -0.344 e. The van der Waals surface area contributed by atoms with Crippen molar-refractivity contribution in [1.82, 2.24) is 15.1 Å². The molecule has 182 valence electrons. The molecule has 1 aliphatic rings. The van der Waals surface area contributed by atoms with Gasteiger partial charge in [0.25, 0.3) is 0 Å². The van der Waals surface area contributed by atoms with Crippen LogP contribution in [0.15, 0.2) is 66.7 Å². The minimum atomic E-state index is -0.657. The van der Waals surface area contributed by atoms with Gasteiger partial charge in [-0.1, -0.05) is 67.6 Å². The zero-order valence-electron chi connectivity index (χ0n) is 20.3. The number of nitrogens with one attached hydrogen (secondary N) is 2. The quantitative estimate of drug-likeness (QED) is 0.572. The number of rotatable bonds is 6.